The molecule has 0 radical (unpaired) electrons. The number of hydrogen-bond acceptors (Lipinski definition) is 1. The van der Waals surface area contributed by atoms with Gasteiger partial charge in [-0.2, -0.15) is 0 Å². The van der Waals surface area contributed by atoms with Crippen molar-refractivity contribution in [2.75, 3.05) is 0 Å². The van der Waals surface area contributed by atoms with Crippen LogP contribution in [0, 0.1) is 5.92 Å². The molecule has 1 fully saturated rings. The second-order valence-electron chi connectivity index (χ2n) is 6.18. The largest absolute Gasteiger partial charge is 0.346 e. The molecule has 1 aliphatic rings. The van der Waals surface area contributed by atoms with Gasteiger partial charge in [0.25, 0.3) is 0 Å². The summed E-state index contributed by atoms with van der Waals surface area (Å²) >= 11 is 6.16. The SMILES string of the molecule is CCCC(=O)c1cn(CC2CCCC2)c2cc(Cl)ccc12. The van der Waals surface area contributed by atoms with Gasteiger partial charge in [-0.1, -0.05) is 37.4 Å². The molecule has 0 saturated heterocycles. The molecular weight excluding hydrogens is 282 g/mol. The van der Waals surface area contributed by atoms with Gasteiger partial charge in [0.1, 0.15) is 0 Å². The Morgan fingerprint density at radius 1 is 1.33 bits per heavy atom. The van der Waals surface area contributed by atoms with E-state index < -0.39 is 0 Å². The van der Waals surface area contributed by atoms with Gasteiger partial charge in [0.15, 0.2) is 5.78 Å². The van der Waals surface area contributed by atoms with Gasteiger partial charge in [0, 0.05) is 35.1 Å². The number of aromatic nitrogens is 1. The maximum absolute atomic E-state index is 12.3. The van der Waals surface area contributed by atoms with E-state index in [4.69, 9.17) is 11.6 Å². The van der Waals surface area contributed by atoms with Crippen LogP contribution < -0.4 is 0 Å². The Bertz CT molecular complexity index is 653. The smallest absolute Gasteiger partial charge is 0.165 e. The van der Waals surface area contributed by atoms with Crippen molar-refractivity contribution >= 4 is 28.3 Å². The molecule has 1 aromatic heterocycles. The molecule has 2 nitrogen and oxygen atoms in total. The third kappa shape index (κ3) is 3.01. The molecule has 2 aromatic rings. The van der Waals surface area contributed by atoms with Crippen LogP contribution in [-0.2, 0) is 6.54 Å². The van der Waals surface area contributed by atoms with E-state index in [9.17, 15) is 4.79 Å². The van der Waals surface area contributed by atoms with Crippen LogP contribution in [0.5, 0.6) is 0 Å². The predicted octanol–water partition coefficient (Wildman–Crippen LogP) is 5.47. The lowest BCUT2D eigenvalue weighted by molar-refractivity contribution is 0.0983. The van der Waals surface area contributed by atoms with E-state index in [-0.39, 0.29) is 5.78 Å². The third-order valence-electron chi connectivity index (χ3n) is 4.55. The average Bonchev–Trinajstić information content (AvgIpc) is 3.08. The van der Waals surface area contributed by atoms with Crippen LogP contribution in [-0.4, -0.2) is 10.4 Å². The van der Waals surface area contributed by atoms with Crippen molar-refractivity contribution in [2.45, 2.75) is 52.0 Å². The van der Waals surface area contributed by atoms with Crippen molar-refractivity contribution < 1.29 is 4.79 Å². The zero-order valence-electron chi connectivity index (χ0n) is 12.6. The monoisotopic (exact) mass is 303 g/mol. The minimum atomic E-state index is 0.245. The third-order valence-corrected chi connectivity index (χ3v) is 4.79. The maximum atomic E-state index is 12.3. The number of hydrogen-bond donors (Lipinski definition) is 0. The second kappa shape index (κ2) is 6.23. The van der Waals surface area contributed by atoms with Crippen LogP contribution in [0.15, 0.2) is 24.4 Å². The number of Topliss-reactive ketones (excluding diaryl/α,β-unsaturated/α-hetero) is 1. The van der Waals surface area contributed by atoms with Crippen molar-refractivity contribution in [3.05, 3.63) is 35.0 Å². The quantitative estimate of drug-likeness (QED) is 0.671. The molecule has 1 aliphatic carbocycles. The number of benzene rings is 1. The van der Waals surface area contributed by atoms with Crippen molar-refractivity contribution in [1.82, 2.24) is 4.57 Å². The summed E-state index contributed by atoms with van der Waals surface area (Å²) in [5.74, 6) is 0.990. The van der Waals surface area contributed by atoms with E-state index in [0.29, 0.717) is 6.42 Å². The molecule has 1 aromatic carbocycles. The van der Waals surface area contributed by atoms with Gasteiger partial charge in [0.2, 0.25) is 0 Å². The molecule has 3 rings (SSSR count). The van der Waals surface area contributed by atoms with Gasteiger partial charge in [-0.05, 0) is 37.3 Å². The van der Waals surface area contributed by atoms with Gasteiger partial charge in [0.05, 0.1) is 5.52 Å². The molecule has 112 valence electrons. The Morgan fingerprint density at radius 3 is 2.81 bits per heavy atom. The highest BCUT2D eigenvalue weighted by Crippen LogP contribution is 2.31. The Kier molecular flexibility index (Phi) is 4.34. The first-order valence-corrected chi connectivity index (χ1v) is 8.38. The highest BCUT2D eigenvalue weighted by Gasteiger charge is 2.19. The summed E-state index contributed by atoms with van der Waals surface area (Å²) < 4.78 is 2.25. The number of fused-ring (bicyclic) bond motifs is 1. The van der Waals surface area contributed by atoms with E-state index in [1.807, 2.05) is 25.1 Å². The second-order valence-corrected chi connectivity index (χ2v) is 6.62. The van der Waals surface area contributed by atoms with Crippen LogP contribution in [0.3, 0.4) is 0 Å². The van der Waals surface area contributed by atoms with Crippen molar-refractivity contribution in [3.63, 3.8) is 0 Å². The zero-order chi connectivity index (χ0) is 14.8. The zero-order valence-corrected chi connectivity index (χ0v) is 13.3. The van der Waals surface area contributed by atoms with Crippen molar-refractivity contribution in [3.8, 4) is 0 Å². The molecule has 0 aliphatic heterocycles. The van der Waals surface area contributed by atoms with Gasteiger partial charge < -0.3 is 4.57 Å². The fraction of sp³-hybridized carbons (Fsp3) is 0.500. The number of carbonyl (C=O) groups is 1. The lowest BCUT2D eigenvalue weighted by Gasteiger charge is -2.11. The van der Waals surface area contributed by atoms with E-state index in [2.05, 4.69) is 10.8 Å². The minimum absolute atomic E-state index is 0.245. The molecule has 0 unspecified atom stereocenters. The molecule has 0 amide bonds. The van der Waals surface area contributed by atoms with Crippen LogP contribution in [0.4, 0.5) is 0 Å². The van der Waals surface area contributed by atoms with Crippen LogP contribution >= 0.6 is 11.6 Å². The van der Waals surface area contributed by atoms with Gasteiger partial charge in [-0.25, -0.2) is 0 Å². The number of carbonyl (C=O) groups excluding carboxylic acids is 1. The number of rotatable bonds is 5. The lowest BCUT2D eigenvalue weighted by atomic mass is 10.1. The number of nitrogens with zero attached hydrogens (tertiary/aromatic N) is 1. The van der Waals surface area contributed by atoms with Crippen molar-refractivity contribution in [2.24, 2.45) is 5.92 Å². The summed E-state index contributed by atoms with van der Waals surface area (Å²) in [5.41, 5.74) is 1.97. The molecular formula is C18H22ClNO. The Morgan fingerprint density at radius 2 is 2.10 bits per heavy atom. The maximum Gasteiger partial charge on any atom is 0.165 e. The standard InChI is InChI=1S/C18H22ClNO/c1-2-5-18(21)16-12-20(11-13-6-3-4-7-13)17-10-14(19)8-9-15(16)17/h8-10,12-13H,2-7,11H2,1H3. The lowest BCUT2D eigenvalue weighted by Crippen LogP contribution is -2.06. The van der Waals surface area contributed by atoms with Gasteiger partial charge in [-0.3, -0.25) is 4.79 Å². The Balaban J connectivity index is 2.01. The Hall–Kier alpha value is -1.28. The number of ketones is 1. The average molecular weight is 304 g/mol. The first-order chi connectivity index (χ1) is 10.2. The topological polar surface area (TPSA) is 22.0 Å². The summed E-state index contributed by atoms with van der Waals surface area (Å²) in [6.45, 7) is 3.06. The fourth-order valence-electron chi connectivity index (χ4n) is 3.47. The van der Waals surface area contributed by atoms with E-state index in [1.165, 1.54) is 25.7 Å². The first kappa shape index (κ1) is 14.6. The van der Waals surface area contributed by atoms with Gasteiger partial charge in [-0.15, -0.1) is 0 Å². The summed E-state index contributed by atoms with van der Waals surface area (Å²) in [5, 5.41) is 1.79. The summed E-state index contributed by atoms with van der Waals surface area (Å²) in [6, 6.07) is 5.87. The summed E-state index contributed by atoms with van der Waals surface area (Å²) in [4.78, 5) is 12.3. The van der Waals surface area contributed by atoms with Crippen LogP contribution in [0.1, 0.15) is 55.8 Å². The summed E-state index contributed by atoms with van der Waals surface area (Å²) in [7, 11) is 0. The van der Waals surface area contributed by atoms with Gasteiger partial charge >= 0.3 is 0 Å². The normalized spacial score (nSPS) is 15.9. The summed E-state index contributed by atoms with van der Waals surface area (Å²) in [6.07, 6.45) is 8.85. The van der Waals surface area contributed by atoms with E-state index in [1.54, 1.807) is 0 Å². The minimum Gasteiger partial charge on any atom is -0.346 e. The van der Waals surface area contributed by atoms with E-state index in [0.717, 1.165) is 40.4 Å². The first-order valence-electron chi connectivity index (χ1n) is 8.00. The molecule has 1 heterocycles. The molecule has 0 N–H and O–H groups in total. The molecule has 21 heavy (non-hydrogen) atoms. The molecule has 0 bridgehead atoms. The van der Waals surface area contributed by atoms with Crippen molar-refractivity contribution in [1.29, 1.82) is 0 Å². The molecule has 0 atom stereocenters. The number of halogens is 1. The molecule has 1 saturated carbocycles. The van der Waals surface area contributed by atoms with Crippen LogP contribution in [0.2, 0.25) is 5.02 Å². The predicted molar refractivity (Wildman–Crippen MR) is 88.1 cm³/mol. The fourth-order valence-corrected chi connectivity index (χ4v) is 3.64. The van der Waals surface area contributed by atoms with Crippen LogP contribution in [0.25, 0.3) is 10.9 Å². The highest BCUT2D eigenvalue weighted by atomic mass is 35.5. The molecule has 0 spiro atoms. The Labute approximate surface area is 131 Å². The highest BCUT2D eigenvalue weighted by molar-refractivity contribution is 6.31. The molecule has 3 heteroatoms. The van der Waals surface area contributed by atoms with E-state index >= 15 is 0 Å².